The molecule has 0 saturated carbocycles. The van der Waals surface area contributed by atoms with Crippen molar-refractivity contribution in [3.63, 3.8) is 0 Å². The highest BCUT2D eigenvalue weighted by atomic mass is 35.5. The van der Waals surface area contributed by atoms with Gasteiger partial charge in [-0.25, -0.2) is 0 Å². The molecule has 3 rings (SSSR count). The number of carbonyl (C=O) groups is 1. The van der Waals surface area contributed by atoms with Gasteiger partial charge in [0.2, 0.25) is 6.10 Å². The van der Waals surface area contributed by atoms with Crippen LogP contribution in [-0.2, 0) is 4.79 Å². The quantitative estimate of drug-likeness (QED) is 0.873. The van der Waals surface area contributed by atoms with Crippen LogP contribution < -0.4 is 10.1 Å². The van der Waals surface area contributed by atoms with Gasteiger partial charge in [0.1, 0.15) is 11.8 Å². The predicted octanol–water partition coefficient (Wildman–Crippen LogP) is 2.96. The van der Waals surface area contributed by atoms with Crippen molar-refractivity contribution in [2.75, 3.05) is 0 Å². The molecule has 0 aliphatic carbocycles. The Balaban J connectivity index is 1.79. The summed E-state index contributed by atoms with van der Waals surface area (Å²) in [7, 11) is 0. The highest BCUT2D eigenvalue weighted by Crippen LogP contribution is 2.29. The van der Waals surface area contributed by atoms with Crippen molar-refractivity contribution in [3.05, 3.63) is 65.2 Å². The molecule has 0 radical (unpaired) electrons. The zero-order valence-corrected chi connectivity index (χ0v) is 10.8. The Morgan fingerprint density at radius 2 is 1.84 bits per heavy atom. The van der Waals surface area contributed by atoms with Crippen LogP contribution in [0.5, 0.6) is 5.75 Å². The number of amides is 1. The number of para-hydroxylation sites is 1. The summed E-state index contributed by atoms with van der Waals surface area (Å²) in [5.74, 6) is 0.586. The van der Waals surface area contributed by atoms with Crippen LogP contribution in [0.2, 0.25) is 5.02 Å². The second-order valence-electron chi connectivity index (χ2n) is 4.39. The lowest BCUT2D eigenvalue weighted by atomic mass is 9.94. The smallest absolute Gasteiger partial charge is 0.264 e. The summed E-state index contributed by atoms with van der Waals surface area (Å²) >= 11 is 5.96. The van der Waals surface area contributed by atoms with E-state index in [0.717, 1.165) is 5.56 Å². The lowest BCUT2D eigenvalue weighted by Crippen LogP contribution is -2.58. The average molecular weight is 274 g/mol. The van der Waals surface area contributed by atoms with Crippen LogP contribution in [-0.4, -0.2) is 12.0 Å². The minimum atomic E-state index is -0.499. The van der Waals surface area contributed by atoms with Gasteiger partial charge in [0, 0.05) is 5.02 Å². The molecular formula is C15H12ClNO2. The first kappa shape index (κ1) is 12.1. The third-order valence-electron chi connectivity index (χ3n) is 3.07. The van der Waals surface area contributed by atoms with Gasteiger partial charge in [0.15, 0.2) is 0 Å². The van der Waals surface area contributed by atoms with Gasteiger partial charge in [0.25, 0.3) is 5.91 Å². The van der Waals surface area contributed by atoms with E-state index in [0.29, 0.717) is 10.8 Å². The number of ether oxygens (including phenoxy) is 1. The van der Waals surface area contributed by atoms with Crippen LogP contribution >= 0.6 is 11.6 Å². The number of β-lactam (4-membered cyclic amide) rings is 1. The van der Waals surface area contributed by atoms with Gasteiger partial charge in [-0.2, -0.15) is 0 Å². The SMILES string of the molecule is O=C1N[C@@H](c2cccc(Cl)c2)[C@H]1Oc1ccccc1. The first-order chi connectivity index (χ1) is 9.24. The standard InChI is InChI=1S/C15H12ClNO2/c16-11-6-4-5-10(9-11)13-14(15(18)17-13)19-12-7-2-1-3-8-12/h1-9,13-14H,(H,17,18)/t13-,14+/m0/s1. The molecular weight excluding hydrogens is 262 g/mol. The summed E-state index contributed by atoms with van der Waals surface area (Å²) in [6.45, 7) is 0. The molecule has 0 spiro atoms. The molecule has 1 heterocycles. The monoisotopic (exact) mass is 273 g/mol. The predicted molar refractivity (Wildman–Crippen MR) is 73.2 cm³/mol. The minimum Gasteiger partial charge on any atom is -0.478 e. The van der Waals surface area contributed by atoms with E-state index in [9.17, 15) is 4.79 Å². The molecule has 0 unspecified atom stereocenters. The molecule has 2 aromatic rings. The minimum absolute atomic E-state index is 0.103. The van der Waals surface area contributed by atoms with E-state index in [4.69, 9.17) is 16.3 Å². The van der Waals surface area contributed by atoms with Crippen LogP contribution in [0, 0.1) is 0 Å². The van der Waals surface area contributed by atoms with Gasteiger partial charge in [0.05, 0.1) is 0 Å². The lowest BCUT2D eigenvalue weighted by Gasteiger charge is -2.36. The van der Waals surface area contributed by atoms with Crippen molar-refractivity contribution in [2.45, 2.75) is 12.1 Å². The maximum Gasteiger partial charge on any atom is 0.264 e. The molecule has 0 bridgehead atoms. The zero-order chi connectivity index (χ0) is 13.2. The zero-order valence-electron chi connectivity index (χ0n) is 10.0. The molecule has 19 heavy (non-hydrogen) atoms. The fraction of sp³-hybridized carbons (Fsp3) is 0.133. The largest absolute Gasteiger partial charge is 0.478 e. The normalized spacial score (nSPS) is 21.4. The highest BCUT2D eigenvalue weighted by molar-refractivity contribution is 6.30. The van der Waals surface area contributed by atoms with Crippen LogP contribution in [0.25, 0.3) is 0 Å². The van der Waals surface area contributed by atoms with Crippen molar-refractivity contribution < 1.29 is 9.53 Å². The van der Waals surface area contributed by atoms with E-state index in [-0.39, 0.29) is 11.9 Å². The molecule has 1 amide bonds. The maximum atomic E-state index is 11.6. The number of hydrogen-bond acceptors (Lipinski definition) is 2. The van der Waals surface area contributed by atoms with Crippen molar-refractivity contribution in [1.82, 2.24) is 5.32 Å². The Kier molecular flexibility index (Phi) is 3.13. The van der Waals surface area contributed by atoms with Gasteiger partial charge in [-0.3, -0.25) is 4.79 Å². The fourth-order valence-electron chi connectivity index (χ4n) is 2.09. The van der Waals surface area contributed by atoms with Gasteiger partial charge in [-0.05, 0) is 29.8 Å². The Hall–Kier alpha value is -2.00. The van der Waals surface area contributed by atoms with Crippen LogP contribution in [0.15, 0.2) is 54.6 Å². The summed E-state index contributed by atoms with van der Waals surface area (Å²) in [6.07, 6.45) is -0.499. The Bertz CT molecular complexity index is 600. The van der Waals surface area contributed by atoms with E-state index in [1.165, 1.54) is 0 Å². The molecule has 1 fully saturated rings. The number of halogens is 1. The van der Waals surface area contributed by atoms with Crippen LogP contribution in [0.4, 0.5) is 0 Å². The topological polar surface area (TPSA) is 38.3 Å². The van der Waals surface area contributed by atoms with E-state index < -0.39 is 6.10 Å². The average Bonchev–Trinajstić information content (AvgIpc) is 2.43. The van der Waals surface area contributed by atoms with Gasteiger partial charge < -0.3 is 10.1 Å². The van der Waals surface area contributed by atoms with Crippen molar-refractivity contribution in [2.24, 2.45) is 0 Å². The van der Waals surface area contributed by atoms with Crippen molar-refractivity contribution >= 4 is 17.5 Å². The molecule has 1 saturated heterocycles. The highest BCUT2D eigenvalue weighted by Gasteiger charge is 2.42. The lowest BCUT2D eigenvalue weighted by molar-refractivity contribution is -0.140. The molecule has 2 aromatic carbocycles. The summed E-state index contributed by atoms with van der Waals surface area (Å²) in [4.78, 5) is 11.6. The molecule has 1 aliphatic heterocycles. The molecule has 1 aliphatic rings. The maximum absolute atomic E-state index is 11.6. The Labute approximate surface area is 116 Å². The van der Waals surface area contributed by atoms with Gasteiger partial charge in [-0.1, -0.05) is 41.9 Å². The Morgan fingerprint density at radius 3 is 2.53 bits per heavy atom. The number of benzene rings is 2. The summed E-state index contributed by atoms with van der Waals surface area (Å²) in [6, 6.07) is 16.6. The number of nitrogens with one attached hydrogen (secondary N) is 1. The van der Waals surface area contributed by atoms with E-state index in [2.05, 4.69) is 5.32 Å². The summed E-state index contributed by atoms with van der Waals surface area (Å²) in [5, 5.41) is 3.48. The summed E-state index contributed by atoms with van der Waals surface area (Å²) in [5.41, 5.74) is 0.952. The number of rotatable bonds is 3. The van der Waals surface area contributed by atoms with Crippen LogP contribution in [0.1, 0.15) is 11.6 Å². The molecule has 3 nitrogen and oxygen atoms in total. The second kappa shape index (κ2) is 4.94. The number of carbonyl (C=O) groups excluding carboxylic acids is 1. The first-order valence-electron chi connectivity index (χ1n) is 6.01. The first-order valence-corrected chi connectivity index (χ1v) is 6.39. The molecule has 4 heteroatoms. The molecule has 0 aromatic heterocycles. The third-order valence-corrected chi connectivity index (χ3v) is 3.31. The van der Waals surface area contributed by atoms with Crippen LogP contribution in [0.3, 0.4) is 0 Å². The fourth-order valence-corrected chi connectivity index (χ4v) is 2.29. The molecule has 2 atom stereocenters. The van der Waals surface area contributed by atoms with Gasteiger partial charge >= 0.3 is 0 Å². The van der Waals surface area contributed by atoms with Crippen molar-refractivity contribution in [1.29, 1.82) is 0 Å². The second-order valence-corrected chi connectivity index (χ2v) is 4.83. The van der Waals surface area contributed by atoms with E-state index in [1.54, 1.807) is 6.07 Å². The summed E-state index contributed by atoms with van der Waals surface area (Å²) < 4.78 is 5.71. The Morgan fingerprint density at radius 1 is 1.05 bits per heavy atom. The van der Waals surface area contributed by atoms with Gasteiger partial charge in [-0.15, -0.1) is 0 Å². The van der Waals surface area contributed by atoms with E-state index in [1.807, 2.05) is 48.5 Å². The molecule has 1 N–H and O–H groups in total. The third kappa shape index (κ3) is 2.42. The van der Waals surface area contributed by atoms with Crippen molar-refractivity contribution in [3.8, 4) is 5.75 Å². The number of hydrogen-bond donors (Lipinski definition) is 1. The van der Waals surface area contributed by atoms with E-state index >= 15 is 0 Å². The molecule has 96 valence electrons.